The minimum absolute atomic E-state index is 0.150. The lowest BCUT2D eigenvalue weighted by Gasteiger charge is -2.43. The molecule has 0 bridgehead atoms. The minimum Gasteiger partial charge on any atom is -0.497 e. The fraction of sp³-hybridized carbons (Fsp3) is 0.600. The Morgan fingerprint density at radius 1 is 1.43 bits per heavy atom. The van der Waals surface area contributed by atoms with Crippen molar-refractivity contribution in [1.29, 1.82) is 0 Å². The van der Waals surface area contributed by atoms with Crippen molar-refractivity contribution >= 4 is 9.84 Å². The summed E-state index contributed by atoms with van der Waals surface area (Å²) in [5, 5.41) is 0. The fourth-order valence-electron chi connectivity index (χ4n) is 3.01. The molecule has 118 valence electrons. The van der Waals surface area contributed by atoms with Gasteiger partial charge in [0.2, 0.25) is 0 Å². The van der Waals surface area contributed by atoms with E-state index in [9.17, 15) is 8.42 Å². The molecule has 1 atom stereocenters. The van der Waals surface area contributed by atoms with Gasteiger partial charge in [-0.15, -0.1) is 0 Å². The summed E-state index contributed by atoms with van der Waals surface area (Å²) in [4.78, 5) is 2.08. The largest absolute Gasteiger partial charge is 0.497 e. The van der Waals surface area contributed by atoms with Gasteiger partial charge in [-0.1, -0.05) is 12.1 Å². The number of hydrogen-bond acceptors (Lipinski definition) is 5. The van der Waals surface area contributed by atoms with Crippen molar-refractivity contribution in [2.45, 2.75) is 24.9 Å². The predicted octanol–water partition coefficient (Wildman–Crippen LogP) is 1.03. The van der Waals surface area contributed by atoms with Crippen molar-refractivity contribution in [3.63, 3.8) is 0 Å². The van der Waals surface area contributed by atoms with Gasteiger partial charge in [-0.25, -0.2) is 8.42 Å². The van der Waals surface area contributed by atoms with E-state index >= 15 is 0 Å². The highest BCUT2D eigenvalue weighted by Crippen LogP contribution is 2.29. The van der Waals surface area contributed by atoms with Gasteiger partial charge in [-0.05, 0) is 37.6 Å². The molecule has 5 nitrogen and oxygen atoms in total. The van der Waals surface area contributed by atoms with Crippen LogP contribution in [-0.2, 0) is 16.4 Å². The van der Waals surface area contributed by atoms with Gasteiger partial charge in [0.15, 0.2) is 9.84 Å². The number of likely N-dealkylation sites (N-methyl/N-ethyl adjacent to an activating group) is 1. The Kier molecular flexibility index (Phi) is 4.91. The molecule has 21 heavy (non-hydrogen) atoms. The van der Waals surface area contributed by atoms with Gasteiger partial charge in [-0.3, -0.25) is 4.90 Å². The molecule has 1 heterocycles. The molecule has 0 spiro atoms. The second-order valence-electron chi connectivity index (χ2n) is 5.83. The Labute approximate surface area is 127 Å². The van der Waals surface area contributed by atoms with Crippen molar-refractivity contribution in [3.05, 3.63) is 29.8 Å². The Balaban J connectivity index is 2.18. The van der Waals surface area contributed by atoms with Crippen molar-refractivity contribution in [2.75, 3.05) is 32.2 Å². The molecule has 2 rings (SSSR count). The number of rotatable bonds is 5. The number of sulfone groups is 1. The van der Waals surface area contributed by atoms with E-state index in [2.05, 4.69) is 4.90 Å². The summed E-state index contributed by atoms with van der Waals surface area (Å²) in [5.41, 5.74) is 6.57. The molecule has 0 aliphatic carbocycles. The number of nitrogens with two attached hydrogens (primary N) is 1. The van der Waals surface area contributed by atoms with Crippen molar-refractivity contribution in [3.8, 4) is 5.75 Å². The third-order valence-corrected chi connectivity index (χ3v) is 6.22. The normalized spacial score (nSPS) is 25.0. The molecule has 6 heteroatoms. The van der Waals surface area contributed by atoms with Crippen molar-refractivity contribution in [1.82, 2.24) is 4.90 Å². The lowest BCUT2D eigenvalue weighted by atomic mass is 9.93. The lowest BCUT2D eigenvalue weighted by molar-refractivity contribution is 0.124. The molecular weight excluding hydrogens is 288 g/mol. The molecule has 1 saturated heterocycles. The van der Waals surface area contributed by atoms with E-state index in [0.29, 0.717) is 19.5 Å². The molecule has 1 unspecified atom stereocenters. The van der Waals surface area contributed by atoms with Crippen LogP contribution < -0.4 is 10.5 Å². The van der Waals surface area contributed by atoms with Crippen LogP contribution in [0.2, 0.25) is 0 Å². The number of nitrogens with zero attached hydrogens (tertiary/aromatic N) is 1. The highest BCUT2D eigenvalue weighted by molar-refractivity contribution is 7.91. The van der Waals surface area contributed by atoms with Gasteiger partial charge in [0.25, 0.3) is 0 Å². The summed E-state index contributed by atoms with van der Waals surface area (Å²) in [6, 6.07) is 7.82. The van der Waals surface area contributed by atoms with E-state index in [0.717, 1.165) is 17.7 Å². The number of hydrogen-bond donors (Lipinski definition) is 1. The first-order valence-corrected chi connectivity index (χ1v) is 8.98. The topological polar surface area (TPSA) is 72.6 Å². The Hall–Kier alpha value is -1.11. The summed E-state index contributed by atoms with van der Waals surface area (Å²) in [6.45, 7) is 1.01. The number of benzene rings is 1. The standard InChI is InChI=1S/C15H24N2O3S/c1-17(10-13-5-3-6-14(9-13)20-2)15(11-16)7-4-8-21(18,19)12-15/h3,5-6,9H,4,7-8,10-12,16H2,1-2H3. The first-order valence-electron chi connectivity index (χ1n) is 7.15. The van der Waals surface area contributed by atoms with Gasteiger partial charge in [-0.2, -0.15) is 0 Å². The Bertz CT molecular complexity index is 588. The van der Waals surface area contributed by atoms with E-state index in [1.165, 1.54) is 0 Å². The molecule has 2 N–H and O–H groups in total. The minimum atomic E-state index is -3.00. The molecule has 0 radical (unpaired) electrons. The SMILES string of the molecule is COc1cccc(CN(C)C2(CN)CCCS(=O)(=O)C2)c1. The Morgan fingerprint density at radius 2 is 2.19 bits per heavy atom. The Morgan fingerprint density at radius 3 is 2.81 bits per heavy atom. The van der Waals surface area contributed by atoms with Crippen molar-refractivity contribution in [2.24, 2.45) is 5.73 Å². The van der Waals surface area contributed by atoms with E-state index < -0.39 is 15.4 Å². The van der Waals surface area contributed by atoms with Gasteiger partial charge in [0.05, 0.1) is 18.6 Å². The van der Waals surface area contributed by atoms with Crippen LogP contribution in [0.1, 0.15) is 18.4 Å². The molecule has 0 aromatic heterocycles. The number of ether oxygens (including phenoxy) is 1. The second kappa shape index (κ2) is 6.34. The quantitative estimate of drug-likeness (QED) is 0.879. The summed E-state index contributed by atoms with van der Waals surface area (Å²) >= 11 is 0. The summed E-state index contributed by atoms with van der Waals surface area (Å²) < 4.78 is 29.2. The van der Waals surface area contributed by atoms with Gasteiger partial charge < -0.3 is 10.5 Å². The van der Waals surface area contributed by atoms with Crippen LogP contribution in [0.4, 0.5) is 0 Å². The van der Waals surface area contributed by atoms with Crippen LogP contribution in [-0.4, -0.2) is 51.1 Å². The smallest absolute Gasteiger partial charge is 0.152 e. The summed E-state index contributed by atoms with van der Waals surface area (Å²) in [5.74, 6) is 1.23. The molecule has 1 aromatic rings. The fourth-order valence-corrected chi connectivity index (χ4v) is 5.03. The maximum absolute atomic E-state index is 12.0. The lowest BCUT2D eigenvalue weighted by Crippen LogP contribution is -2.58. The molecule has 0 saturated carbocycles. The van der Waals surface area contributed by atoms with E-state index in [4.69, 9.17) is 10.5 Å². The third kappa shape index (κ3) is 3.75. The van der Waals surface area contributed by atoms with Crippen LogP contribution >= 0.6 is 0 Å². The third-order valence-electron chi connectivity index (χ3n) is 4.33. The highest BCUT2D eigenvalue weighted by atomic mass is 32.2. The molecule has 1 aliphatic heterocycles. The van der Waals surface area contributed by atoms with Gasteiger partial charge >= 0.3 is 0 Å². The zero-order valence-corrected chi connectivity index (χ0v) is 13.5. The average molecular weight is 312 g/mol. The molecular formula is C15H24N2O3S. The van der Waals surface area contributed by atoms with Crippen molar-refractivity contribution < 1.29 is 13.2 Å². The first-order chi connectivity index (χ1) is 9.91. The van der Waals surface area contributed by atoms with Crippen LogP contribution in [0.15, 0.2) is 24.3 Å². The maximum atomic E-state index is 12.0. The van der Waals surface area contributed by atoms with Gasteiger partial charge in [0, 0.05) is 18.6 Å². The average Bonchev–Trinajstić information content (AvgIpc) is 2.46. The molecule has 0 amide bonds. The summed E-state index contributed by atoms with van der Waals surface area (Å²) in [6.07, 6.45) is 1.51. The van der Waals surface area contributed by atoms with Crippen LogP contribution in [0.3, 0.4) is 0 Å². The maximum Gasteiger partial charge on any atom is 0.152 e. The molecule has 1 fully saturated rings. The highest BCUT2D eigenvalue weighted by Gasteiger charge is 2.41. The molecule has 1 aliphatic rings. The van der Waals surface area contributed by atoms with Gasteiger partial charge in [0.1, 0.15) is 5.75 Å². The predicted molar refractivity (Wildman–Crippen MR) is 84.1 cm³/mol. The second-order valence-corrected chi connectivity index (χ2v) is 8.02. The van der Waals surface area contributed by atoms with E-state index in [1.54, 1.807) is 7.11 Å². The molecule has 1 aromatic carbocycles. The number of methoxy groups -OCH3 is 1. The summed E-state index contributed by atoms with van der Waals surface area (Å²) in [7, 11) is 0.589. The van der Waals surface area contributed by atoms with Crippen LogP contribution in [0.5, 0.6) is 5.75 Å². The zero-order valence-electron chi connectivity index (χ0n) is 12.7. The first kappa shape index (κ1) is 16.3. The van der Waals surface area contributed by atoms with E-state index in [-0.39, 0.29) is 11.5 Å². The zero-order chi connectivity index (χ0) is 15.5. The van der Waals surface area contributed by atoms with Crippen LogP contribution in [0.25, 0.3) is 0 Å². The monoisotopic (exact) mass is 312 g/mol. The van der Waals surface area contributed by atoms with E-state index in [1.807, 2.05) is 31.3 Å². The van der Waals surface area contributed by atoms with Crippen LogP contribution in [0, 0.1) is 0 Å².